The second-order valence-electron chi connectivity index (χ2n) is 16.3. The number of rotatable bonds is 17. The number of urea groups is 1. The maximum Gasteiger partial charge on any atom is 0.415 e. The number of hydrogen-bond acceptors (Lipinski definition) is 10. The summed E-state index contributed by atoms with van der Waals surface area (Å²) in [4.78, 5) is 84.5. The molecule has 1 aromatic heterocycles. The molecule has 0 aliphatic carbocycles. The van der Waals surface area contributed by atoms with Crippen LogP contribution in [0.25, 0.3) is 21.7 Å². The van der Waals surface area contributed by atoms with Crippen molar-refractivity contribution in [3.05, 3.63) is 95.7 Å². The lowest BCUT2D eigenvalue weighted by Crippen LogP contribution is -2.48. The molecule has 0 saturated carbocycles. The number of aromatic amines is 1. The van der Waals surface area contributed by atoms with E-state index in [0.29, 0.717) is 78.5 Å². The van der Waals surface area contributed by atoms with Crippen molar-refractivity contribution in [1.82, 2.24) is 25.4 Å². The molecule has 2 aliphatic heterocycles. The molecule has 0 unspecified atom stereocenters. The van der Waals surface area contributed by atoms with Crippen LogP contribution in [0.2, 0.25) is 0 Å². The molecule has 0 radical (unpaired) electrons. The van der Waals surface area contributed by atoms with Crippen LogP contribution < -0.4 is 36.1 Å². The lowest BCUT2D eigenvalue weighted by atomic mass is 9.95. The van der Waals surface area contributed by atoms with E-state index in [-0.39, 0.29) is 49.7 Å². The van der Waals surface area contributed by atoms with Crippen LogP contribution in [0, 0.1) is 5.92 Å². The number of Topliss-reactive ketones (excluding diaryl/α,β-unsaturated/α-hetero) is 1. The first-order valence-electron chi connectivity index (χ1n) is 21.5. The Labute approximate surface area is 384 Å². The lowest BCUT2D eigenvalue weighted by molar-refractivity contribution is -0.125. The van der Waals surface area contributed by atoms with Crippen molar-refractivity contribution < 1.29 is 43.0 Å². The molecule has 65 heavy (non-hydrogen) atoms. The first kappa shape index (κ1) is 46.3. The highest BCUT2D eigenvalue weighted by Gasteiger charge is 2.36. The fourth-order valence-corrected chi connectivity index (χ4v) is 8.64. The van der Waals surface area contributed by atoms with Gasteiger partial charge in [-0.1, -0.05) is 52.3 Å². The second kappa shape index (κ2) is 21.3. The molecular formula is C47H53BrN8O9. The number of nitrogens with zero attached hydrogens (tertiary/aromatic N) is 3. The highest BCUT2D eigenvalue weighted by Crippen LogP contribution is 2.46. The Kier molecular flexibility index (Phi) is 15.2. The number of nitrogens with one attached hydrogen (secondary N) is 4. The number of anilines is 2. The van der Waals surface area contributed by atoms with Crippen LogP contribution in [0.4, 0.5) is 25.8 Å². The molecule has 4 aromatic carbocycles. The Hall–Kier alpha value is -6.66. The Balaban J connectivity index is 0.905. The fourth-order valence-electron chi connectivity index (χ4n) is 8.11. The number of halogens is 1. The zero-order valence-corrected chi connectivity index (χ0v) is 37.9. The van der Waals surface area contributed by atoms with Crippen LogP contribution in [-0.4, -0.2) is 115 Å². The van der Waals surface area contributed by atoms with Gasteiger partial charge in [-0.2, -0.15) is 0 Å². The van der Waals surface area contributed by atoms with E-state index in [0.717, 1.165) is 40.3 Å². The zero-order chi connectivity index (χ0) is 46.0. The van der Waals surface area contributed by atoms with E-state index in [1.54, 1.807) is 46.2 Å². The quantitative estimate of drug-likeness (QED) is 0.0504. The maximum atomic E-state index is 14.3. The number of benzene rings is 4. The number of piperazine rings is 1. The van der Waals surface area contributed by atoms with Gasteiger partial charge in [0.25, 0.3) is 5.91 Å². The maximum absolute atomic E-state index is 14.3. The number of alkyl carbamates (subject to hydrolysis) is 1. The van der Waals surface area contributed by atoms with E-state index in [1.165, 1.54) is 6.92 Å². The van der Waals surface area contributed by atoms with Gasteiger partial charge in [0.05, 0.1) is 12.2 Å². The monoisotopic (exact) mass is 952 g/mol. The van der Waals surface area contributed by atoms with Gasteiger partial charge in [0.1, 0.15) is 36.2 Å². The van der Waals surface area contributed by atoms with Gasteiger partial charge in [0.2, 0.25) is 5.91 Å². The first-order chi connectivity index (χ1) is 31.4. The van der Waals surface area contributed by atoms with Crippen molar-refractivity contribution in [3.63, 3.8) is 0 Å². The summed E-state index contributed by atoms with van der Waals surface area (Å²) < 4.78 is 17.3. The van der Waals surface area contributed by atoms with Crippen LogP contribution in [0.15, 0.2) is 78.9 Å². The van der Waals surface area contributed by atoms with Crippen LogP contribution in [0.3, 0.4) is 0 Å². The molecule has 342 valence electrons. The van der Waals surface area contributed by atoms with Gasteiger partial charge in [-0.15, -0.1) is 0 Å². The SMILES string of the molecule is CC(=O)C[C@@H](CCCNC(N)=O)C(=O)Nc1ccc(COC(=O)NCCOc2ccc3[nH]c(C(=O)N4C[C@@H](CBr)c5c4cc(OC(=O)N4CCN(C)CC4)c4ccccc54)cc3c2)cc1. The van der Waals surface area contributed by atoms with E-state index in [1.807, 2.05) is 49.5 Å². The zero-order valence-electron chi connectivity index (χ0n) is 36.3. The summed E-state index contributed by atoms with van der Waals surface area (Å²) in [5.41, 5.74) is 9.18. The van der Waals surface area contributed by atoms with E-state index in [4.69, 9.17) is 19.9 Å². The average Bonchev–Trinajstić information content (AvgIpc) is 3.90. The molecular weight excluding hydrogens is 900 g/mol. The Morgan fingerprint density at radius 2 is 1.66 bits per heavy atom. The third kappa shape index (κ3) is 11.7. The van der Waals surface area contributed by atoms with E-state index in [2.05, 4.69) is 41.8 Å². The van der Waals surface area contributed by atoms with E-state index < -0.39 is 24.1 Å². The van der Waals surface area contributed by atoms with Gasteiger partial charge in [0.15, 0.2) is 0 Å². The summed E-state index contributed by atoms with van der Waals surface area (Å²) in [6.45, 7) is 5.18. The number of fused-ring (bicyclic) bond motifs is 4. The third-order valence-electron chi connectivity index (χ3n) is 11.5. The van der Waals surface area contributed by atoms with Gasteiger partial charge in [-0.3, -0.25) is 9.59 Å². The van der Waals surface area contributed by atoms with Crippen molar-refractivity contribution in [2.45, 2.75) is 38.7 Å². The van der Waals surface area contributed by atoms with Crippen molar-refractivity contribution in [1.29, 1.82) is 0 Å². The summed E-state index contributed by atoms with van der Waals surface area (Å²) in [6.07, 6.45) is -0.0750. The van der Waals surface area contributed by atoms with Crippen LogP contribution in [-0.2, 0) is 20.9 Å². The van der Waals surface area contributed by atoms with E-state index in [9.17, 15) is 28.8 Å². The molecule has 2 aliphatic rings. The smallest absolute Gasteiger partial charge is 0.415 e. The molecule has 17 nitrogen and oxygen atoms in total. The highest BCUT2D eigenvalue weighted by atomic mass is 79.9. The summed E-state index contributed by atoms with van der Waals surface area (Å²) in [7, 11) is 2.03. The summed E-state index contributed by atoms with van der Waals surface area (Å²) in [5.74, 6) is -0.223. The van der Waals surface area contributed by atoms with Crippen LogP contribution >= 0.6 is 15.9 Å². The predicted octanol–water partition coefficient (Wildman–Crippen LogP) is 6.49. The Bertz CT molecular complexity index is 2560. The van der Waals surface area contributed by atoms with Crippen molar-refractivity contribution in [3.8, 4) is 11.5 Å². The lowest BCUT2D eigenvalue weighted by Gasteiger charge is -2.31. The molecule has 6 N–H and O–H groups in total. The molecule has 7 rings (SSSR count). The number of primary amides is 1. The molecule has 18 heteroatoms. The molecule has 0 bridgehead atoms. The fraction of sp³-hybridized carbons (Fsp3) is 0.362. The normalized spacial score (nSPS) is 15.3. The van der Waals surface area contributed by atoms with Crippen LogP contribution in [0.1, 0.15) is 53.7 Å². The molecule has 1 saturated heterocycles. The molecule has 5 aromatic rings. The number of carbonyl (C=O) groups excluding carboxylic acids is 6. The minimum absolute atomic E-state index is 0.00610. The predicted molar refractivity (Wildman–Crippen MR) is 250 cm³/mol. The number of alkyl halides is 1. The number of nitrogens with two attached hydrogens (primary N) is 1. The van der Waals surface area contributed by atoms with Gasteiger partial charge in [0, 0.05) is 90.9 Å². The molecule has 3 heterocycles. The number of amides is 6. The van der Waals surface area contributed by atoms with Crippen molar-refractivity contribution >= 4 is 84.8 Å². The number of ether oxygens (including phenoxy) is 3. The minimum Gasteiger partial charge on any atom is -0.492 e. The molecule has 6 amide bonds. The number of H-pyrrole nitrogens is 1. The number of ketones is 1. The van der Waals surface area contributed by atoms with Gasteiger partial charge < -0.3 is 60.4 Å². The summed E-state index contributed by atoms with van der Waals surface area (Å²) >= 11 is 3.68. The van der Waals surface area contributed by atoms with Gasteiger partial charge in [-0.05, 0) is 79.7 Å². The molecule has 2 atom stereocenters. The van der Waals surface area contributed by atoms with Gasteiger partial charge in [-0.25, -0.2) is 14.4 Å². The van der Waals surface area contributed by atoms with Gasteiger partial charge >= 0.3 is 18.2 Å². The standard InChI is InChI=1S/C47H53BrN8O9/c1-29(57)22-31(6-5-15-50-45(49)60)43(58)52-34-11-9-30(10-12-34)28-64-46(61)51-16-21-63-35-13-14-38-32(23-35)24-39(53-38)44(59)56-27-33(26-48)42-37-8-4-3-7-36(37)41(25-40(42)56)65-47(62)55-19-17-54(2)18-20-55/h3-4,7-14,23-25,31,33,53H,5-6,15-22,26-28H2,1-2H3,(H,51,61)(H,52,58)(H3,49,50,60)/t31-,33-/m1/s1. The summed E-state index contributed by atoms with van der Waals surface area (Å²) in [6, 6.07) is 23.0. The number of likely N-dealkylation sites (N-methyl/N-ethyl adjacent to an activating group) is 1. The van der Waals surface area contributed by atoms with Crippen molar-refractivity contribution in [2.24, 2.45) is 11.7 Å². The number of aromatic nitrogens is 1. The van der Waals surface area contributed by atoms with Crippen LogP contribution in [0.5, 0.6) is 11.5 Å². The Morgan fingerprint density at radius 1 is 0.908 bits per heavy atom. The number of carbonyl (C=O) groups is 6. The second-order valence-corrected chi connectivity index (χ2v) is 16.9. The minimum atomic E-state index is -0.647. The van der Waals surface area contributed by atoms with E-state index >= 15 is 0 Å². The third-order valence-corrected chi connectivity index (χ3v) is 12.3. The Morgan fingerprint density at radius 3 is 2.38 bits per heavy atom. The average molecular weight is 954 g/mol. The largest absolute Gasteiger partial charge is 0.492 e. The number of hydrogen-bond donors (Lipinski definition) is 5. The molecule has 1 fully saturated rings. The topological polar surface area (TPSA) is 218 Å². The summed E-state index contributed by atoms with van der Waals surface area (Å²) in [5, 5.41) is 11.1. The van der Waals surface area contributed by atoms with Crippen molar-refractivity contribution in [2.75, 3.05) is 75.0 Å². The molecule has 0 spiro atoms. The highest BCUT2D eigenvalue weighted by molar-refractivity contribution is 9.09. The first-order valence-corrected chi connectivity index (χ1v) is 22.7.